The number of hydrogen-bond acceptors (Lipinski definition) is 1. The van der Waals surface area contributed by atoms with Gasteiger partial charge in [0.15, 0.2) is 0 Å². The molecule has 0 radical (unpaired) electrons. The van der Waals surface area contributed by atoms with Crippen LogP contribution in [-0.2, 0) is 4.74 Å². The van der Waals surface area contributed by atoms with E-state index in [0.29, 0.717) is 12.2 Å². The highest BCUT2D eigenvalue weighted by atomic mass is 127. The van der Waals surface area contributed by atoms with Crippen LogP contribution in [0.15, 0.2) is 12.7 Å². The maximum Gasteiger partial charge on any atom is 0.102 e. The van der Waals surface area contributed by atoms with Gasteiger partial charge in [-0.2, -0.15) is 0 Å². The maximum atomic E-state index is 5.18. The Kier molecular flexibility index (Phi) is 2.31. The van der Waals surface area contributed by atoms with E-state index in [1.807, 2.05) is 6.08 Å². The molecule has 0 bridgehead atoms. The zero-order chi connectivity index (χ0) is 5.98. The van der Waals surface area contributed by atoms with E-state index in [1.54, 1.807) is 0 Å². The first kappa shape index (κ1) is 6.55. The molecule has 0 unspecified atom stereocenters. The van der Waals surface area contributed by atoms with Gasteiger partial charge in [-0.25, -0.2) is 0 Å². The Labute approximate surface area is 63.2 Å². The smallest absolute Gasteiger partial charge is 0.102 e. The van der Waals surface area contributed by atoms with E-state index in [1.165, 1.54) is 10.8 Å². The summed E-state index contributed by atoms with van der Waals surface area (Å²) < 4.78 is 6.37. The standard InChI is InChI=1S/C6H9IO/c1-2-5-6(8-5)3-4-7/h2,5-6H,1,3-4H2/t5-,6-/m1/s1. The third-order valence-corrected chi connectivity index (χ3v) is 1.87. The first-order valence-corrected chi connectivity index (χ1v) is 4.25. The lowest BCUT2D eigenvalue weighted by molar-refractivity contribution is 0.386. The highest BCUT2D eigenvalue weighted by Crippen LogP contribution is 2.26. The lowest BCUT2D eigenvalue weighted by atomic mass is 10.2. The molecule has 1 nitrogen and oxygen atoms in total. The molecule has 8 heavy (non-hydrogen) atoms. The Morgan fingerprint density at radius 3 is 2.88 bits per heavy atom. The molecule has 0 aromatic heterocycles. The van der Waals surface area contributed by atoms with E-state index >= 15 is 0 Å². The lowest BCUT2D eigenvalue weighted by Gasteiger charge is -1.81. The number of hydrogen-bond donors (Lipinski definition) is 0. The van der Waals surface area contributed by atoms with Crippen LogP contribution in [-0.4, -0.2) is 16.6 Å². The van der Waals surface area contributed by atoms with Crippen LogP contribution < -0.4 is 0 Å². The summed E-state index contributed by atoms with van der Waals surface area (Å²) in [4.78, 5) is 0. The molecule has 0 saturated carbocycles. The second-order valence-corrected chi connectivity index (χ2v) is 2.93. The average molecular weight is 224 g/mol. The SMILES string of the molecule is C=C[C@H]1O[C@@H]1CCI. The van der Waals surface area contributed by atoms with Crippen molar-refractivity contribution in [2.45, 2.75) is 18.6 Å². The van der Waals surface area contributed by atoms with Gasteiger partial charge in [-0.1, -0.05) is 28.7 Å². The Hall–Kier alpha value is 0.430. The van der Waals surface area contributed by atoms with Crippen LogP contribution >= 0.6 is 22.6 Å². The topological polar surface area (TPSA) is 12.5 Å². The molecule has 2 atom stereocenters. The maximum absolute atomic E-state index is 5.18. The van der Waals surface area contributed by atoms with Gasteiger partial charge in [0.2, 0.25) is 0 Å². The van der Waals surface area contributed by atoms with Gasteiger partial charge in [0.05, 0.1) is 6.10 Å². The summed E-state index contributed by atoms with van der Waals surface area (Å²) in [5.41, 5.74) is 0. The molecule has 1 rings (SSSR count). The van der Waals surface area contributed by atoms with Gasteiger partial charge >= 0.3 is 0 Å². The third-order valence-electron chi connectivity index (χ3n) is 1.25. The molecule has 1 heterocycles. The Morgan fingerprint density at radius 2 is 2.50 bits per heavy atom. The minimum absolute atomic E-state index is 0.379. The van der Waals surface area contributed by atoms with Crippen molar-refractivity contribution in [2.75, 3.05) is 4.43 Å². The molecule has 1 fully saturated rings. The van der Waals surface area contributed by atoms with Crippen molar-refractivity contribution in [3.63, 3.8) is 0 Å². The predicted octanol–water partition coefficient (Wildman–Crippen LogP) is 1.76. The Morgan fingerprint density at radius 1 is 1.75 bits per heavy atom. The first-order chi connectivity index (χ1) is 3.88. The summed E-state index contributed by atoms with van der Waals surface area (Å²) in [7, 11) is 0. The third kappa shape index (κ3) is 1.45. The first-order valence-electron chi connectivity index (χ1n) is 2.72. The Balaban J connectivity index is 2.07. The summed E-state index contributed by atoms with van der Waals surface area (Å²) in [6.45, 7) is 3.63. The number of halogens is 1. The molecule has 0 aromatic carbocycles. The van der Waals surface area contributed by atoms with Crippen molar-refractivity contribution in [3.05, 3.63) is 12.7 Å². The van der Waals surface area contributed by atoms with Crippen molar-refractivity contribution in [1.29, 1.82) is 0 Å². The number of alkyl halides is 1. The van der Waals surface area contributed by atoms with Gasteiger partial charge < -0.3 is 4.74 Å². The highest BCUT2D eigenvalue weighted by Gasteiger charge is 2.34. The van der Waals surface area contributed by atoms with Crippen molar-refractivity contribution in [3.8, 4) is 0 Å². The van der Waals surface area contributed by atoms with Gasteiger partial charge in [0.25, 0.3) is 0 Å². The fraction of sp³-hybridized carbons (Fsp3) is 0.667. The van der Waals surface area contributed by atoms with Crippen LogP contribution in [0.4, 0.5) is 0 Å². The van der Waals surface area contributed by atoms with Gasteiger partial charge in [0, 0.05) is 4.43 Å². The molecule has 1 aliphatic rings. The van der Waals surface area contributed by atoms with Crippen LogP contribution in [0.2, 0.25) is 0 Å². The monoisotopic (exact) mass is 224 g/mol. The van der Waals surface area contributed by atoms with E-state index < -0.39 is 0 Å². The van der Waals surface area contributed by atoms with Crippen LogP contribution in [0.1, 0.15) is 6.42 Å². The zero-order valence-corrected chi connectivity index (χ0v) is 6.80. The molecule has 1 aliphatic heterocycles. The summed E-state index contributed by atoms with van der Waals surface area (Å²) in [6.07, 6.45) is 3.93. The second-order valence-electron chi connectivity index (χ2n) is 1.85. The van der Waals surface area contributed by atoms with Crippen LogP contribution in [0.3, 0.4) is 0 Å². The van der Waals surface area contributed by atoms with Crippen molar-refractivity contribution in [1.82, 2.24) is 0 Å². The van der Waals surface area contributed by atoms with Crippen LogP contribution in [0, 0.1) is 0 Å². The van der Waals surface area contributed by atoms with Crippen molar-refractivity contribution in [2.24, 2.45) is 0 Å². The van der Waals surface area contributed by atoms with Crippen LogP contribution in [0.5, 0.6) is 0 Å². The highest BCUT2D eigenvalue weighted by molar-refractivity contribution is 14.1. The van der Waals surface area contributed by atoms with E-state index in [9.17, 15) is 0 Å². The van der Waals surface area contributed by atoms with E-state index in [2.05, 4.69) is 29.2 Å². The predicted molar refractivity (Wildman–Crippen MR) is 42.4 cm³/mol. The molecule has 1 saturated heterocycles. The lowest BCUT2D eigenvalue weighted by Crippen LogP contribution is -1.89. The van der Waals surface area contributed by atoms with Crippen LogP contribution in [0.25, 0.3) is 0 Å². The van der Waals surface area contributed by atoms with E-state index in [-0.39, 0.29) is 0 Å². The number of ether oxygens (including phenoxy) is 1. The molecular formula is C6H9IO. The summed E-state index contributed by atoms with van der Waals surface area (Å²) >= 11 is 2.35. The van der Waals surface area contributed by atoms with Gasteiger partial charge in [-0.15, -0.1) is 6.58 Å². The fourth-order valence-electron chi connectivity index (χ4n) is 0.704. The minimum Gasteiger partial charge on any atom is -0.365 e. The van der Waals surface area contributed by atoms with Gasteiger partial charge in [0.1, 0.15) is 6.10 Å². The summed E-state index contributed by atoms with van der Waals surface area (Å²) in [6, 6.07) is 0. The quantitative estimate of drug-likeness (QED) is 0.308. The molecule has 0 N–H and O–H groups in total. The minimum atomic E-state index is 0.379. The van der Waals surface area contributed by atoms with Crippen molar-refractivity contribution >= 4 is 22.6 Å². The van der Waals surface area contributed by atoms with Gasteiger partial charge in [-0.05, 0) is 6.42 Å². The zero-order valence-electron chi connectivity index (χ0n) is 4.64. The van der Waals surface area contributed by atoms with E-state index in [4.69, 9.17) is 4.74 Å². The number of rotatable bonds is 3. The fourth-order valence-corrected chi connectivity index (χ4v) is 1.32. The molecule has 2 heteroatoms. The second kappa shape index (κ2) is 2.82. The Bertz CT molecular complexity index is 92.5. The van der Waals surface area contributed by atoms with Crippen molar-refractivity contribution < 1.29 is 4.74 Å². The largest absolute Gasteiger partial charge is 0.365 e. The number of epoxide rings is 1. The average Bonchev–Trinajstić information content (AvgIpc) is 2.48. The van der Waals surface area contributed by atoms with Gasteiger partial charge in [-0.3, -0.25) is 0 Å². The molecule has 0 aromatic rings. The molecule has 0 spiro atoms. The molecule has 0 aliphatic carbocycles. The molecule has 46 valence electrons. The summed E-state index contributed by atoms with van der Waals surface area (Å²) in [5, 5.41) is 0. The molecular weight excluding hydrogens is 215 g/mol. The molecule has 0 amide bonds. The summed E-state index contributed by atoms with van der Waals surface area (Å²) in [5.74, 6) is 0. The van der Waals surface area contributed by atoms with E-state index in [0.717, 1.165) is 0 Å². The normalized spacial score (nSPS) is 34.6.